The molecular formula is C22H25N3O2S. The largest absolute Gasteiger partial charge is 0.359 e. The predicted molar refractivity (Wildman–Crippen MR) is 113 cm³/mol. The summed E-state index contributed by atoms with van der Waals surface area (Å²) in [6.45, 7) is 4.49. The van der Waals surface area contributed by atoms with Gasteiger partial charge >= 0.3 is 0 Å². The molecule has 2 aromatic heterocycles. The van der Waals surface area contributed by atoms with Gasteiger partial charge in [-0.05, 0) is 42.5 Å². The fourth-order valence-electron chi connectivity index (χ4n) is 4.15. The summed E-state index contributed by atoms with van der Waals surface area (Å²) in [5, 5.41) is 1.29. The van der Waals surface area contributed by atoms with Crippen molar-refractivity contribution in [2.75, 3.05) is 5.75 Å². The highest BCUT2D eigenvalue weighted by atomic mass is 32.2. The Morgan fingerprint density at radius 2 is 2.04 bits per heavy atom. The van der Waals surface area contributed by atoms with Crippen molar-refractivity contribution in [2.45, 2.75) is 44.3 Å². The van der Waals surface area contributed by atoms with E-state index in [0.717, 1.165) is 12.8 Å². The molecule has 146 valence electrons. The maximum atomic E-state index is 13.4. The van der Waals surface area contributed by atoms with E-state index in [1.165, 1.54) is 18.2 Å². The summed E-state index contributed by atoms with van der Waals surface area (Å²) >= 11 is 1.36. The Bertz CT molecular complexity index is 1040. The zero-order valence-electron chi connectivity index (χ0n) is 16.2. The molecule has 0 spiro atoms. The fraction of sp³-hybridized carbons (Fsp3) is 0.409. The van der Waals surface area contributed by atoms with Crippen molar-refractivity contribution >= 4 is 28.4 Å². The minimum absolute atomic E-state index is 0.00590. The number of aromatic amines is 1. The predicted octanol–water partition coefficient (Wildman–Crippen LogP) is 4.70. The number of benzene rings is 1. The molecule has 0 radical (unpaired) electrons. The molecule has 4 rings (SSSR count). The first-order chi connectivity index (χ1) is 13.6. The molecule has 5 nitrogen and oxygen atoms in total. The van der Waals surface area contributed by atoms with Crippen LogP contribution in [0.3, 0.4) is 0 Å². The van der Waals surface area contributed by atoms with E-state index < -0.39 is 0 Å². The van der Waals surface area contributed by atoms with Crippen LogP contribution in [0.1, 0.15) is 49.6 Å². The summed E-state index contributed by atoms with van der Waals surface area (Å²) in [7, 11) is 0. The van der Waals surface area contributed by atoms with Crippen molar-refractivity contribution < 1.29 is 4.79 Å². The summed E-state index contributed by atoms with van der Waals surface area (Å²) in [5.41, 5.74) is 1.28. The van der Waals surface area contributed by atoms with Crippen LogP contribution in [-0.2, 0) is 0 Å². The smallest absolute Gasteiger partial charge is 0.262 e. The van der Waals surface area contributed by atoms with Gasteiger partial charge < -0.3 is 4.98 Å². The van der Waals surface area contributed by atoms with Crippen LogP contribution < -0.4 is 5.56 Å². The third-order valence-corrected chi connectivity index (χ3v) is 6.95. The van der Waals surface area contributed by atoms with Crippen LogP contribution in [-0.4, -0.2) is 26.1 Å². The van der Waals surface area contributed by atoms with Gasteiger partial charge in [0, 0.05) is 12.2 Å². The molecule has 2 heterocycles. The maximum absolute atomic E-state index is 13.4. The number of nitrogens with zero attached hydrogens (tertiary/aromatic N) is 2. The van der Waals surface area contributed by atoms with Gasteiger partial charge in [-0.2, -0.15) is 0 Å². The Labute approximate surface area is 168 Å². The van der Waals surface area contributed by atoms with Gasteiger partial charge in [-0.25, -0.2) is 4.98 Å². The average Bonchev–Trinajstić information content (AvgIpc) is 3.24. The van der Waals surface area contributed by atoms with Crippen molar-refractivity contribution in [1.82, 2.24) is 14.5 Å². The van der Waals surface area contributed by atoms with Crippen LogP contribution in [0.15, 0.2) is 52.5 Å². The van der Waals surface area contributed by atoms with Crippen LogP contribution >= 0.6 is 11.8 Å². The molecule has 6 heteroatoms. The standard InChI is InChI=1S/C22H25N3O2S/c1-14-7-5-11-19(15(14)2)25-21(27)16-8-3-4-9-17(16)24-22(25)28-13-20(26)18-10-6-12-23-18/h3-4,6,8-10,12,14-15,19,23H,5,7,11,13H2,1-2H3. The summed E-state index contributed by atoms with van der Waals surface area (Å²) in [5.74, 6) is 1.22. The SMILES string of the molecule is CC1CCCC(n2c(SCC(=O)c3ccc[nH]3)nc3ccccc3c2=O)C1C. The first kappa shape index (κ1) is 19.0. The van der Waals surface area contributed by atoms with Crippen LogP contribution in [0.5, 0.6) is 0 Å². The lowest BCUT2D eigenvalue weighted by atomic mass is 9.78. The number of thioether (sulfide) groups is 1. The highest BCUT2D eigenvalue weighted by Gasteiger charge is 2.31. The average molecular weight is 396 g/mol. The molecule has 0 saturated heterocycles. The minimum atomic E-state index is 0.00590. The quantitative estimate of drug-likeness (QED) is 0.386. The topological polar surface area (TPSA) is 67.8 Å². The monoisotopic (exact) mass is 395 g/mol. The summed E-state index contributed by atoms with van der Waals surface area (Å²) in [4.78, 5) is 33.6. The van der Waals surface area contributed by atoms with Gasteiger partial charge in [0.05, 0.1) is 22.3 Å². The van der Waals surface area contributed by atoms with Gasteiger partial charge in [-0.1, -0.05) is 50.6 Å². The Morgan fingerprint density at radius 1 is 1.21 bits per heavy atom. The molecule has 1 saturated carbocycles. The molecule has 0 amide bonds. The zero-order valence-corrected chi connectivity index (χ0v) is 17.0. The van der Waals surface area contributed by atoms with Crippen LogP contribution in [0.25, 0.3) is 10.9 Å². The molecule has 0 bridgehead atoms. The van der Waals surface area contributed by atoms with Gasteiger partial charge in [-0.15, -0.1) is 0 Å². The molecule has 1 aliphatic rings. The number of hydrogen-bond acceptors (Lipinski definition) is 4. The van der Waals surface area contributed by atoms with Crippen molar-refractivity contribution in [3.8, 4) is 0 Å². The van der Waals surface area contributed by atoms with Crippen LogP contribution in [0.4, 0.5) is 0 Å². The fourth-order valence-corrected chi connectivity index (χ4v) is 5.09. The molecule has 1 aliphatic carbocycles. The lowest BCUT2D eigenvalue weighted by molar-refractivity contribution is 0.101. The molecule has 28 heavy (non-hydrogen) atoms. The molecule has 0 aliphatic heterocycles. The number of H-pyrrole nitrogens is 1. The van der Waals surface area contributed by atoms with Gasteiger partial charge in [0.2, 0.25) is 0 Å². The van der Waals surface area contributed by atoms with E-state index in [1.54, 1.807) is 12.3 Å². The van der Waals surface area contributed by atoms with Gasteiger partial charge in [-0.3, -0.25) is 14.2 Å². The Hall–Kier alpha value is -2.34. The zero-order chi connectivity index (χ0) is 19.7. The number of carbonyl (C=O) groups excluding carboxylic acids is 1. The molecule has 3 aromatic rings. The van der Waals surface area contributed by atoms with Crippen molar-refractivity contribution in [3.63, 3.8) is 0 Å². The number of fused-ring (bicyclic) bond motifs is 1. The summed E-state index contributed by atoms with van der Waals surface area (Å²) < 4.78 is 1.87. The molecule has 1 fully saturated rings. The molecular weight excluding hydrogens is 370 g/mol. The molecule has 1 N–H and O–H groups in total. The number of nitrogens with one attached hydrogen (secondary N) is 1. The molecule has 3 unspecified atom stereocenters. The maximum Gasteiger partial charge on any atom is 0.262 e. The number of hydrogen-bond donors (Lipinski definition) is 1. The highest BCUT2D eigenvalue weighted by molar-refractivity contribution is 7.99. The molecule has 3 atom stereocenters. The Balaban J connectivity index is 1.75. The Morgan fingerprint density at radius 3 is 2.82 bits per heavy atom. The second-order valence-corrected chi connectivity index (χ2v) is 8.66. The second kappa shape index (κ2) is 7.95. The molecule has 1 aromatic carbocycles. The van der Waals surface area contributed by atoms with E-state index in [4.69, 9.17) is 4.98 Å². The minimum Gasteiger partial charge on any atom is -0.359 e. The van der Waals surface area contributed by atoms with Crippen molar-refractivity contribution in [2.24, 2.45) is 11.8 Å². The summed E-state index contributed by atoms with van der Waals surface area (Å²) in [6.07, 6.45) is 5.03. The highest BCUT2D eigenvalue weighted by Crippen LogP contribution is 2.38. The van der Waals surface area contributed by atoms with E-state index in [-0.39, 0.29) is 23.1 Å². The summed E-state index contributed by atoms with van der Waals surface area (Å²) in [6, 6.07) is 11.2. The van der Waals surface area contributed by atoms with E-state index in [9.17, 15) is 9.59 Å². The van der Waals surface area contributed by atoms with E-state index in [0.29, 0.717) is 33.6 Å². The third-order valence-electron chi connectivity index (χ3n) is 6.00. The lowest BCUT2D eigenvalue weighted by Gasteiger charge is -2.36. The Kier molecular flexibility index (Phi) is 5.40. The normalized spacial score (nSPS) is 22.4. The van der Waals surface area contributed by atoms with Crippen molar-refractivity contribution in [1.29, 1.82) is 0 Å². The number of ketones is 1. The first-order valence-corrected chi connectivity index (χ1v) is 10.9. The number of para-hydroxylation sites is 1. The van der Waals surface area contributed by atoms with Crippen molar-refractivity contribution in [3.05, 3.63) is 58.6 Å². The number of aromatic nitrogens is 3. The van der Waals surface area contributed by atoms with E-state index in [1.807, 2.05) is 34.9 Å². The van der Waals surface area contributed by atoms with Gasteiger partial charge in [0.25, 0.3) is 5.56 Å². The van der Waals surface area contributed by atoms with Crippen LogP contribution in [0, 0.1) is 11.8 Å². The van der Waals surface area contributed by atoms with E-state index >= 15 is 0 Å². The van der Waals surface area contributed by atoms with Crippen LogP contribution in [0.2, 0.25) is 0 Å². The lowest BCUT2D eigenvalue weighted by Crippen LogP contribution is -2.35. The third kappa shape index (κ3) is 3.53. The number of carbonyl (C=O) groups is 1. The second-order valence-electron chi connectivity index (χ2n) is 7.72. The van der Waals surface area contributed by atoms with E-state index in [2.05, 4.69) is 18.8 Å². The first-order valence-electron chi connectivity index (χ1n) is 9.87. The number of Topliss-reactive ketones (excluding diaryl/α,β-unsaturated/α-hetero) is 1. The van der Waals surface area contributed by atoms with Gasteiger partial charge in [0.1, 0.15) is 0 Å². The van der Waals surface area contributed by atoms with Gasteiger partial charge in [0.15, 0.2) is 10.9 Å². The number of rotatable bonds is 5.